The third-order valence-corrected chi connectivity index (χ3v) is 4.25. The molecule has 0 bridgehead atoms. The molecule has 1 amide bonds. The Morgan fingerprint density at radius 2 is 2.12 bits per heavy atom. The van der Waals surface area contributed by atoms with Gasteiger partial charge in [-0.1, -0.05) is 18.2 Å². The molecule has 1 aromatic carbocycles. The highest BCUT2D eigenvalue weighted by atomic mass is 32.2. The van der Waals surface area contributed by atoms with Gasteiger partial charge in [-0.3, -0.25) is 4.79 Å². The molecule has 1 unspecified atom stereocenters. The van der Waals surface area contributed by atoms with E-state index in [1.165, 1.54) is 0 Å². The Balaban J connectivity index is 1.77. The van der Waals surface area contributed by atoms with Gasteiger partial charge >= 0.3 is 0 Å². The smallest absolute Gasteiger partial charge is 0.287 e. The molecule has 1 N–H and O–H groups in total. The number of para-hydroxylation sites is 1. The predicted octanol–water partition coefficient (Wildman–Crippen LogP) is 3.82. The summed E-state index contributed by atoms with van der Waals surface area (Å²) >= 11 is 1.66. The molecule has 0 radical (unpaired) electrons. The van der Waals surface area contributed by atoms with Gasteiger partial charge in [0.25, 0.3) is 5.91 Å². The monoisotopic (exact) mass is 341 g/mol. The standard InChI is InChI=1S/C18H19N3O2S/c1-13(20-18(22)17-9-8-14(23-17)12-24-2)15-6-3-4-7-16(15)21-11-5-10-19-21/h3-11,13H,12H2,1-2H3,(H,20,22). The van der Waals surface area contributed by atoms with Crippen LogP contribution < -0.4 is 5.32 Å². The molecule has 0 aliphatic heterocycles. The molecule has 5 nitrogen and oxygen atoms in total. The molecule has 0 saturated heterocycles. The molecular formula is C18H19N3O2S. The lowest BCUT2D eigenvalue weighted by Crippen LogP contribution is -2.27. The maximum Gasteiger partial charge on any atom is 0.287 e. The number of furan rings is 1. The van der Waals surface area contributed by atoms with Crippen molar-refractivity contribution in [2.75, 3.05) is 6.26 Å². The van der Waals surface area contributed by atoms with Gasteiger partial charge in [-0.2, -0.15) is 16.9 Å². The summed E-state index contributed by atoms with van der Waals surface area (Å²) < 4.78 is 7.37. The molecule has 0 spiro atoms. The van der Waals surface area contributed by atoms with Crippen LogP contribution in [0.25, 0.3) is 5.69 Å². The van der Waals surface area contributed by atoms with E-state index in [-0.39, 0.29) is 11.9 Å². The van der Waals surface area contributed by atoms with Gasteiger partial charge in [0.05, 0.1) is 17.5 Å². The van der Waals surface area contributed by atoms with Crippen LogP contribution in [0.3, 0.4) is 0 Å². The fourth-order valence-corrected chi connectivity index (χ4v) is 2.98. The van der Waals surface area contributed by atoms with Gasteiger partial charge in [0.1, 0.15) is 5.76 Å². The van der Waals surface area contributed by atoms with Crippen LogP contribution in [0.1, 0.15) is 34.8 Å². The van der Waals surface area contributed by atoms with Crippen molar-refractivity contribution in [3.05, 3.63) is 71.9 Å². The summed E-state index contributed by atoms with van der Waals surface area (Å²) in [4.78, 5) is 12.4. The molecular weight excluding hydrogens is 322 g/mol. The highest BCUT2D eigenvalue weighted by Crippen LogP contribution is 2.22. The van der Waals surface area contributed by atoms with E-state index in [1.807, 2.05) is 55.8 Å². The van der Waals surface area contributed by atoms with E-state index in [2.05, 4.69) is 10.4 Å². The number of rotatable bonds is 6. The van der Waals surface area contributed by atoms with Crippen molar-refractivity contribution in [1.82, 2.24) is 15.1 Å². The topological polar surface area (TPSA) is 60.1 Å². The van der Waals surface area contributed by atoms with Crippen LogP contribution in [-0.4, -0.2) is 21.9 Å². The Labute approximate surface area is 145 Å². The second-order valence-electron chi connectivity index (χ2n) is 5.40. The zero-order chi connectivity index (χ0) is 16.9. The first-order chi connectivity index (χ1) is 11.7. The number of carbonyl (C=O) groups excluding carboxylic acids is 1. The van der Waals surface area contributed by atoms with Gasteiger partial charge in [-0.05, 0) is 43.0 Å². The van der Waals surface area contributed by atoms with Gasteiger partial charge in [-0.15, -0.1) is 0 Å². The van der Waals surface area contributed by atoms with Crippen LogP contribution in [-0.2, 0) is 5.75 Å². The van der Waals surface area contributed by atoms with Gasteiger partial charge in [-0.25, -0.2) is 4.68 Å². The molecule has 0 aliphatic rings. The molecule has 124 valence electrons. The molecule has 2 heterocycles. The number of nitrogens with one attached hydrogen (secondary N) is 1. The van der Waals surface area contributed by atoms with Gasteiger partial charge in [0.15, 0.2) is 5.76 Å². The number of aromatic nitrogens is 2. The molecule has 6 heteroatoms. The Morgan fingerprint density at radius 1 is 1.29 bits per heavy atom. The van der Waals surface area contributed by atoms with Crippen LogP contribution in [0.2, 0.25) is 0 Å². The second kappa shape index (κ2) is 7.40. The zero-order valence-electron chi connectivity index (χ0n) is 13.6. The third-order valence-electron chi connectivity index (χ3n) is 3.67. The predicted molar refractivity (Wildman–Crippen MR) is 95.4 cm³/mol. The number of hydrogen-bond donors (Lipinski definition) is 1. The second-order valence-corrected chi connectivity index (χ2v) is 6.27. The highest BCUT2D eigenvalue weighted by Gasteiger charge is 2.17. The van der Waals surface area contributed by atoms with Gasteiger partial charge < -0.3 is 9.73 Å². The first-order valence-corrected chi connectivity index (χ1v) is 9.06. The minimum atomic E-state index is -0.217. The molecule has 3 rings (SSSR count). The lowest BCUT2D eigenvalue weighted by Gasteiger charge is -2.17. The Morgan fingerprint density at radius 3 is 2.88 bits per heavy atom. The van der Waals surface area contributed by atoms with Crippen molar-refractivity contribution in [3.8, 4) is 5.69 Å². The zero-order valence-corrected chi connectivity index (χ0v) is 14.4. The van der Waals surface area contributed by atoms with E-state index >= 15 is 0 Å². The summed E-state index contributed by atoms with van der Waals surface area (Å²) in [5.41, 5.74) is 1.93. The molecule has 1 atom stereocenters. The molecule has 2 aromatic heterocycles. The minimum Gasteiger partial charge on any atom is -0.455 e. The van der Waals surface area contributed by atoms with Crippen molar-refractivity contribution in [2.45, 2.75) is 18.7 Å². The summed E-state index contributed by atoms with van der Waals surface area (Å²) in [6.07, 6.45) is 5.61. The summed E-state index contributed by atoms with van der Waals surface area (Å²) in [6, 6.07) is 13.1. The fourth-order valence-electron chi connectivity index (χ4n) is 2.54. The number of amides is 1. The summed E-state index contributed by atoms with van der Waals surface area (Å²) in [6.45, 7) is 1.95. The Kier molecular flexibility index (Phi) is 5.05. The molecule has 3 aromatic rings. The van der Waals surface area contributed by atoms with Gasteiger partial charge in [0, 0.05) is 12.4 Å². The molecule has 0 saturated carbocycles. The van der Waals surface area contributed by atoms with E-state index in [0.29, 0.717) is 5.76 Å². The Bertz CT molecular complexity index is 811. The summed E-state index contributed by atoms with van der Waals surface area (Å²) in [7, 11) is 0. The van der Waals surface area contributed by atoms with E-state index in [4.69, 9.17) is 4.42 Å². The van der Waals surface area contributed by atoms with Crippen molar-refractivity contribution in [1.29, 1.82) is 0 Å². The van der Waals surface area contributed by atoms with Crippen molar-refractivity contribution >= 4 is 17.7 Å². The van der Waals surface area contributed by atoms with Crippen LogP contribution in [0.15, 0.2) is 59.3 Å². The van der Waals surface area contributed by atoms with Crippen LogP contribution in [0, 0.1) is 0 Å². The number of thioether (sulfide) groups is 1. The normalized spacial score (nSPS) is 12.1. The maximum atomic E-state index is 12.4. The number of carbonyl (C=O) groups is 1. The quantitative estimate of drug-likeness (QED) is 0.740. The number of hydrogen-bond acceptors (Lipinski definition) is 4. The lowest BCUT2D eigenvalue weighted by atomic mass is 10.1. The fraction of sp³-hybridized carbons (Fsp3) is 0.222. The van der Waals surface area contributed by atoms with E-state index in [0.717, 1.165) is 22.8 Å². The average molecular weight is 341 g/mol. The van der Waals surface area contributed by atoms with Crippen molar-refractivity contribution < 1.29 is 9.21 Å². The molecule has 24 heavy (non-hydrogen) atoms. The molecule has 0 fully saturated rings. The van der Waals surface area contributed by atoms with Crippen LogP contribution in [0.5, 0.6) is 0 Å². The van der Waals surface area contributed by atoms with Gasteiger partial charge in [0.2, 0.25) is 0 Å². The third kappa shape index (κ3) is 3.54. The lowest BCUT2D eigenvalue weighted by molar-refractivity contribution is 0.0910. The maximum absolute atomic E-state index is 12.4. The average Bonchev–Trinajstić information content (AvgIpc) is 3.27. The molecule has 0 aliphatic carbocycles. The largest absolute Gasteiger partial charge is 0.455 e. The first kappa shape index (κ1) is 16.4. The number of benzene rings is 1. The van der Waals surface area contributed by atoms with Crippen molar-refractivity contribution in [2.24, 2.45) is 0 Å². The van der Waals surface area contributed by atoms with Crippen LogP contribution in [0.4, 0.5) is 0 Å². The summed E-state index contributed by atoms with van der Waals surface area (Å²) in [5.74, 6) is 1.68. The Hall–Kier alpha value is -2.47. The van der Waals surface area contributed by atoms with E-state index < -0.39 is 0 Å². The van der Waals surface area contributed by atoms with E-state index in [1.54, 1.807) is 28.7 Å². The highest BCUT2D eigenvalue weighted by molar-refractivity contribution is 7.97. The van der Waals surface area contributed by atoms with Crippen LogP contribution >= 0.6 is 11.8 Å². The minimum absolute atomic E-state index is 0.174. The number of nitrogens with zero attached hydrogens (tertiary/aromatic N) is 2. The SMILES string of the molecule is CSCc1ccc(C(=O)NC(C)c2ccccc2-n2cccn2)o1. The first-order valence-electron chi connectivity index (χ1n) is 7.66. The van der Waals surface area contributed by atoms with E-state index in [9.17, 15) is 4.79 Å². The van der Waals surface area contributed by atoms with Crippen molar-refractivity contribution in [3.63, 3.8) is 0 Å². The summed E-state index contributed by atoms with van der Waals surface area (Å²) in [5, 5.41) is 7.26.